The van der Waals surface area contributed by atoms with E-state index < -0.39 is 21.5 Å². The van der Waals surface area contributed by atoms with Crippen molar-refractivity contribution in [2.75, 3.05) is 41.0 Å². The average molecular weight is 437 g/mol. The van der Waals surface area contributed by atoms with Crippen LogP contribution in [0.4, 0.5) is 0 Å². The van der Waals surface area contributed by atoms with Gasteiger partial charge in [0.25, 0.3) is 0 Å². The van der Waals surface area contributed by atoms with Gasteiger partial charge in [-0.25, -0.2) is 17.5 Å². The van der Waals surface area contributed by atoms with E-state index in [-0.39, 0.29) is 18.1 Å². The van der Waals surface area contributed by atoms with Crippen LogP contribution in [0.1, 0.15) is 6.92 Å². The summed E-state index contributed by atoms with van der Waals surface area (Å²) >= 11 is 0. The molecule has 0 aromatic heterocycles. The van der Waals surface area contributed by atoms with Gasteiger partial charge in [-0.05, 0) is 43.3 Å². The van der Waals surface area contributed by atoms with Gasteiger partial charge in [0.05, 0.1) is 12.0 Å². The summed E-state index contributed by atoms with van der Waals surface area (Å²) in [4.78, 5) is 12.4. The topological polar surface area (TPSA) is 94.2 Å². The van der Waals surface area contributed by atoms with Gasteiger partial charge in [0.1, 0.15) is 30.3 Å². The van der Waals surface area contributed by atoms with Crippen LogP contribution in [0.3, 0.4) is 0 Å². The van der Waals surface area contributed by atoms with Gasteiger partial charge in [-0.2, -0.15) is 0 Å². The van der Waals surface area contributed by atoms with Crippen LogP contribution < -0.4 is 14.8 Å². The molecule has 0 aliphatic heterocycles. The molecule has 0 amide bonds. The average Bonchev–Trinajstić information content (AvgIpc) is 2.75. The zero-order valence-electron chi connectivity index (χ0n) is 17.6. The third-order valence-corrected chi connectivity index (χ3v) is 6.22. The molecule has 0 radical (unpaired) electrons. The van der Waals surface area contributed by atoms with Crippen molar-refractivity contribution in [1.29, 1.82) is 0 Å². The second-order valence-electron chi connectivity index (χ2n) is 6.96. The van der Waals surface area contributed by atoms with Crippen molar-refractivity contribution in [1.82, 2.24) is 9.62 Å². The van der Waals surface area contributed by atoms with Gasteiger partial charge < -0.3 is 14.2 Å². The molecule has 2 aromatic rings. The Morgan fingerprint density at radius 3 is 2.17 bits per heavy atom. The first-order chi connectivity index (χ1) is 14.2. The van der Waals surface area contributed by atoms with Crippen LogP contribution in [-0.4, -0.2) is 65.2 Å². The Labute approximate surface area is 177 Å². The maximum atomic E-state index is 12.2. The first-order valence-corrected chi connectivity index (χ1v) is 10.8. The highest BCUT2D eigenvalue weighted by Gasteiger charge is 2.35. The third-order valence-electron chi connectivity index (χ3n) is 4.39. The summed E-state index contributed by atoms with van der Waals surface area (Å²) in [5.41, 5.74) is -1.06. The molecule has 30 heavy (non-hydrogen) atoms. The van der Waals surface area contributed by atoms with Crippen molar-refractivity contribution in [2.45, 2.75) is 17.4 Å². The molecule has 2 rings (SSSR count). The van der Waals surface area contributed by atoms with E-state index in [2.05, 4.69) is 5.32 Å². The molecule has 0 fully saturated rings. The number of hydrogen-bond donors (Lipinski definition) is 1. The number of esters is 1. The van der Waals surface area contributed by atoms with Gasteiger partial charge in [0, 0.05) is 20.6 Å². The molecule has 8 nitrogen and oxygen atoms in total. The van der Waals surface area contributed by atoms with Gasteiger partial charge in [-0.1, -0.05) is 18.2 Å². The van der Waals surface area contributed by atoms with Crippen molar-refractivity contribution in [3.05, 3.63) is 54.6 Å². The molecular formula is C21H28N2O6S. The zero-order chi connectivity index (χ0) is 22.2. The minimum absolute atomic E-state index is 0.0841. The molecule has 0 spiro atoms. The van der Waals surface area contributed by atoms with Crippen LogP contribution in [0.2, 0.25) is 0 Å². The molecule has 1 unspecified atom stereocenters. The van der Waals surface area contributed by atoms with Crippen LogP contribution in [-0.2, 0) is 19.6 Å². The van der Waals surface area contributed by atoms with Crippen LogP contribution >= 0.6 is 0 Å². The van der Waals surface area contributed by atoms with Crippen LogP contribution in [0.15, 0.2) is 59.5 Å². The predicted octanol–water partition coefficient (Wildman–Crippen LogP) is 1.92. The van der Waals surface area contributed by atoms with E-state index in [1.54, 1.807) is 31.2 Å². The lowest BCUT2D eigenvalue weighted by molar-refractivity contribution is -0.149. The number of rotatable bonds is 11. The summed E-state index contributed by atoms with van der Waals surface area (Å²) < 4.78 is 41.6. The van der Waals surface area contributed by atoms with Crippen molar-refractivity contribution >= 4 is 16.0 Å². The molecule has 0 heterocycles. The van der Waals surface area contributed by atoms with Gasteiger partial charge in [-0.3, -0.25) is 5.32 Å². The maximum Gasteiger partial charge on any atom is 0.329 e. The quantitative estimate of drug-likeness (QED) is 0.425. The Balaban J connectivity index is 1.90. The number of nitrogens with one attached hydrogen (secondary N) is 1. The second-order valence-corrected chi connectivity index (χ2v) is 9.11. The Morgan fingerprint density at radius 2 is 1.60 bits per heavy atom. The smallest absolute Gasteiger partial charge is 0.329 e. The molecule has 1 N–H and O–H groups in total. The first kappa shape index (κ1) is 23.7. The Kier molecular flexibility index (Phi) is 8.22. The van der Waals surface area contributed by atoms with Crippen molar-refractivity contribution in [3.8, 4) is 11.5 Å². The lowest BCUT2D eigenvalue weighted by Gasteiger charge is -2.28. The molecule has 0 aliphatic carbocycles. The highest BCUT2D eigenvalue weighted by atomic mass is 32.2. The predicted molar refractivity (Wildman–Crippen MR) is 113 cm³/mol. The zero-order valence-corrected chi connectivity index (χ0v) is 18.4. The van der Waals surface area contributed by atoms with Crippen molar-refractivity contribution < 1.29 is 27.4 Å². The largest absolute Gasteiger partial charge is 0.492 e. The highest BCUT2D eigenvalue weighted by molar-refractivity contribution is 7.89. The number of carbonyl (C=O) groups excluding carboxylic acids is 1. The van der Waals surface area contributed by atoms with E-state index in [1.807, 2.05) is 18.2 Å². The van der Waals surface area contributed by atoms with Gasteiger partial charge in [-0.15, -0.1) is 0 Å². The normalized spacial score (nSPS) is 13.5. The first-order valence-electron chi connectivity index (χ1n) is 9.36. The number of nitrogens with zero attached hydrogens (tertiary/aromatic N) is 1. The molecule has 9 heteroatoms. The second kappa shape index (κ2) is 10.4. The number of hydrogen-bond acceptors (Lipinski definition) is 7. The van der Waals surface area contributed by atoms with E-state index >= 15 is 0 Å². The number of benzene rings is 2. The summed E-state index contributed by atoms with van der Waals surface area (Å²) in [6.45, 7) is 2.39. The standard InChI is InChI=1S/C21H28N2O6S/c1-21(20(24)27-4,16-29-17-8-6-5-7-9-17)22-14-15-28-18-10-12-19(13-11-18)30(25,26)23(2)3/h5-13,22H,14-16H2,1-4H3. The Bertz CT molecular complexity index is 916. The lowest BCUT2D eigenvalue weighted by atomic mass is 10.0. The molecule has 164 valence electrons. The SMILES string of the molecule is COC(=O)C(C)(COc1ccccc1)NCCOc1ccc(S(=O)(=O)N(C)C)cc1. The Hall–Kier alpha value is -2.62. The van der Waals surface area contributed by atoms with Crippen LogP contribution in [0.5, 0.6) is 11.5 Å². The fourth-order valence-corrected chi connectivity index (χ4v) is 3.47. The summed E-state index contributed by atoms with van der Waals surface area (Å²) in [6.07, 6.45) is 0. The molecule has 1 atom stereocenters. The van der Waals surface area contributed by atoms with Crippen molar-refractivity contribution in [3.63, 3.8) is 0 Å². The summed E-state index contributed by atoms with van der Waals surface area (Å²) in [6, 6.07) is 15.4. The summed E-state index contributed by atoms with van der Waals surface area (Å²) in [5, 5.41) is 3.11. The summed E-state index contributed by atoms with van der Waals surface area (Å²) in [5.74, 6) is 0.727. The molecule has 0 saturated carbocycles. The number of carbonyl (C=O) groups is 1. The Morgan fingerprint density at radius 1 is 1.00 bits per heavy atom. The minimum Gasteiger partial charge on any atom is -0.492 e. The summed E-state index contributed by atoms with van der Waals surface area (Å²) in [7, 11) is 0.799. The molecule has 0 bridgehead atoms. The van der Waals surface area contributed by atoms with E-state index in [9.17, 15) is 13.2 Å². The van der Waals surface area contributed by atoms with Crippen molar-refractivity contribution in [2.24, 2.45) is 0 Å². The molecule has 0 saturated heterocycles. The van der Waals surface area contributed by atoms with E-state index in [4.69, 9.17) is 14.2 Å². The highest BCUT2D eigenvalue weighted by Crippen LogP contribution is 2.18. The van der Waals surface area contributed by atoms with Gasteiger partial charge in [0.15, 0.2) is 0 Å². The van der Waals surface area contributed by atoms with E-state index in [0.29, 0.717) is 18.0 Å². The fourth-order valence-electron chi connectivity index (χ4n) is 2.57. The van der Waals surface area contributed by atoms with Crippen LogP contribution in [0.25, 0.3) is 0 Å². The maximum absolute atomic E-state index is 12.2. The minimum atomic E-state index is -3.48. The van der Waals surface area contributed by atoms with E-state index in [0.717, 1.165) is 4.31 Å². The van der Waals surface area contributed by atoms with Gasteiger partial charge in [0.2, 0.25) is 10.0 Å². The third kappa shape index (κ3) is 6.19. The molecule has 0 aliphatic rings. The lowest BCUT2D eigenvalue weighted by Crippen LogP contribution is -2.55. The molecular weight excluding hydrogens is 408 g/mol. The van der Waals surface area contributed by atoms with E-state index in [1.165, 1.54) is 33.3 Å². The number of methoxy groups -OCH3 is 1. The monoisotopic (exact) mass is 436 g/mol. The fraction of sp³-hybridized carbons (Fsp3) is 0.381. The number of ether oxygens (including phenoxy) is 3. The van der Waals surface area contributed by atoms with Crippen LogP contribution in [0, 0.1) is 0 Å². The number of para-hydroxylation sites is 1. The molecule has 2 aromatic carbocycles. The van der Waals surface area contributed by atoms with Gasteiger partial charge >= 0.3 is 5.97 Å². The number of sulfonamides is 1.